The Balaban J connectivity index is 1.73. The number of nitrogens with one attached hydrogen (secondary N) is 1. The Kier molecular flexibility index (Phi) is 5.96. The predicted molar refractivity (Wildman–Crippen MR) is 138 cm³/mol. The Morgan fingerprint density at radius 3 is 2.23 bits per heavy atom. The smallest absolute Gasteiger partial charge is 0.197 e. The maximum Gasteiger partial charge on any atom is 0.197 e. The SMILES string of the molecule is Cc1cc(-c2cc3c(=O)cc(S(=O)(=O)Cc4ccccc4)[nH]c3nc2-c2ccccc2)cc(Cl)n1. The lowest BCUT2D eigenvalue weighted by molar-refractivity contribution is 0.592. The minimum Gasteiger partial charge on any atom is -0.330 e. The van der Waals surface area contributed by atoms with Crippen LogP contribution in [-0.4, -0.2) is 23.4 Å². The van der Waals surface area contributed by atoms with Crippen LogP contribution < -0.4 is 5.43 Å². The van der Waals surface area contributed by atoms with E-state index in [9.17, 15) is 13.2 Å². The quantitative estimate of drug-likeness (QED) is 0.317. The van der Waals surface area contributed by atoms with E-state index in [1.165, 1.54) is 0 Å². The number of nitrogens with zero attached hydrogens (tertiary/aromatic N) is 2. The molecule has 0 saturated heterocycles. The molecule has 2 aromatic carbocycles. The van der Waals surface area contributed by atoms with Gasteiger partial charge in [0.05, 0.1) is 16.8 Å². The molecular formula is C27H20ClN3O3S. The topological polar surface area (TPSA) is 92.8 Å². The molecule has 3 aromatic heterocycles. The fraction of sp³-hybridized carbons (Fsp3) is 0.0741. The number of H-pyrrole nitrogens is 1. The lowest BCUT2D eigenvalue weighted by Gasteiger charge is -2.13. The zero-order chi connectivity index (χ0) is 24.6. The molecule has 8 heteroatoms. The van der Waals surface area contributed by atoms with E-state index in [-0.39, 0.29) is 21.8 Å². The molecule has 0 amide bonds. The van der Waals surface area contributed by atoms with Gasteiger partial charge in [0, 0.05) is 22.9 Å². The van der Waals surface area contributed by atoms with Crippen LogP contribution in [0.25, 0.3) is 33.4 Å². The summed E-state index contributed by atoms with van der Waals surface area (Å²) in [4.78, 5) is 25.0. The highest BCUT2D eigenvalue weighted by Crippen LogP contribution is 2.34. The summed E-state index contributed by atoms with van der Waals surface area (Å²) in [6.45, 7) is 1.84. The van der Waals surface area contributed by atoms with Crippen LogP contribution in [0.5, 0.6) is 0 Å². The van der Waals surface area contributed by atoms with Gasteiger partial charge in [-0.25, -0.2) is 18.4 Å². The molecule has 0 aliphatic rings. The molecule has 174 valence electrons. The molecule has 0 atom stereocenters. The van der Waals surface area contributed by atoms with Gasteiger partial charge in [0.1, 0.15) is 15.8 Å². The maximum absolute atomic E-state index is 13.1. The van der Waals surface area contributed by atoms with Gasteiger partial charge in [-0.1, -0.05) is 72.3 Å². The van der Waals surface area contributed by atoms with Crippen molar-refractivity contribution in [3.63, 3.8) is 0 Å². The Hall–Kier alpha value is -3.81. The van der Waals surface area contributed by atoms with Gasteiger partial charge >= 0.3 is 0 Å². The summed E-state index contributed by atoms with van der Waals surface area (Å²) in [5.41, 5.74) is 3.98. The minimum atomic E-state index is -3.80. The monoisotopic (exact) mass is 501 g/mol. The third-order valence-electron chi connectivity index (χ3n) is 5.61. The zero-order valence-electron chi connectivity index (χ0n) is 18.7. The average Bonchev–Trinajstić information content (AvgIpc) is 2.83. The molecular weight excluding hydrogens is 482 g/mol. The van der Waals surface area contributed by atoms with Crippen molar-refractivity contribution in [1.29, 1.82) is 0 Å². The number of pyridine rings is 3. The van der Waals surface area contributed by atoms with Gasteiger partial charge < -0.3 is 4.98 Å². The molecule has 0 spiro atoms. The molecule has 0 aliphatic carbocycles. The van der Waals surface area contributed by atoms with Crippen molar-refractivity contribution in [3.05, 3.63) is 112 Å². The van der Waals surface area contributed by atoms with Crippen LogP contribution in [0, 0.1) is 6.92 Å². The number of hydrogen-bond acceptors (Lipinski definition) is 5. The van der Waals surface area contributed by atoms with E-state index in [1.54, 1.807) is 36.4 Å². The van der Waals surface area contributed by atoms with Gasteiger partial charge in [0.15, 0.2) is 15.3 Å². The van der Waals surface area contributed by atoms with E-state index in [1.807, 2.05) is 49.4 Å². The van der Waals surface area contributed by atoms with Crippen LogP contribution in [-0.2, 0) is 15.6 Å². The highest BCUT2D eigenvalue weighted by molar-refractivity contribution is 7.90. The van der Waals surface area contributed by atoms with Crippen molar-refractivity contribution in [3.8, 4) is 22.4 Å². The first kappa shape index (κ1) is 23.0. The van der Waals surface area contributed by atoms with Crippen molar-refractivity contribution in [1.82, 2.24) is 15.0 Å². The summed E-state index contributed by atoms with van der Waals surface area (Å²) in [7, 11) is -3.80. The maximum atomic E-state index is 13.1. The minimum absolute atomic E-state index is 0.166. The highest BCUT2D eigenvalue weighted by Gasteiger charge is 2.20. The van der Waals surface area contributed by atoms with E-state index in [0.717, 1.165) is 22.9 Å². The Labute approximate surface area is 207 Å². The van der Waals surface area contributed by atoms with Crippen LogP contribution in [0.2, 0.25) is 5.15 Å². The van der Waals surface area contributed by atoms with Crippen LogP contribution in [0.3, 0.4) is 0 Å². The van der Waals surface area contributed by atoms with E-state index in [4.69, 9.17) is 16.6 Å². The van der Waals surface area contributed by atoms with E-state index in [2.05, 4.69) is 9.97 Å². The van der Waals surface area contributed by atoms with Crippen LogP contribution >= 0.6 is 11.6 Å². The second-order valence-corrected chi connectivity index (χ2v) is 10.6. The molecule has 35 heavy (non-hydrogen) atoms. The number of benzene rings is 2. The summed E-state index contributed by atoms with van der Waals surface area (Å²) in [6, 6.07) is 24.7. The van der Waals surface area contributed by atoms with Gasteiger partial charge in [0.25, 0.3) is 0 Å². The van der Waals surface area contributed by atoms with Crippen LogP contribution in [0.15, 0.2) is 94.7 Å². The number of rotatable bonds is 5. The van der Waals surface area contributed by atoms with Crippen LogP contribution in [0.4, 0.5) is 0 Å². The van der Waals surface area contributed by atoms with Crippen LogP contribution in [0.1, 0.15) is 11.3 Å². The lowest BCUT2D eigenvalue weighted by atomic mass is 9.98. The largest absolute Gasteiger partial charge is 0.330 e. The molecule has 1 N–H and O–H groups in total. The molecule has 0 unspecified atom stereocenters. The third-order valence-corrected chi connectivity index (χ3v) is 7.40. The Bertz CT molecular complexity index is 1700. The van der Waals surface area contributed by atoms with Crippen molar-refractivity contribution < 1.29 is 8.42 Å². The van der Waals surface area contributed by atoms with Gasteiger partial charge in [-0.15, -0.1) is 0 Å². The number of hydrogen-bond donors (Lipinski definition) is 1. The highest BCUT2D eigenvalue weighted by atomic mass is 35.5. The second-order valence-electron chi connectivity index (χ2n) is 8.21. The first-order valence-corrected chi connectivity index (χ1v) is 12.9. The van der Waals surface area contributed by atoms with Gasteiger partial charge in [-0.2, -0.15) is 0 Å². The molecule has 3 heterocycles. The second kappa shape index (κ2) is 9.09. The van der Waals surface area contributed by atoms with E-state index < -0.39 is 15.3 Å². The standard InChI is InChI=1S/C27H20ClN3O3S/c1-17-12-20(13-24(28)29-17)21-14-22-23(32)15-25(35(33,34)16-18-8-4-2-5-9-18)30-27(22)31-26(21)19-10-6-3-7-11-19/h2-15H,16H2,1H3,(H,30,31,32). The number of aromatic nitrogens is 3. The van der Waals surface area contributed by atoms with Crippen molar-refractivity contribution in [2.24, 2.45) is 0 Å². The summed E-state index contributed by atoms with van der Waals surface area (Å²) in [6.07, 6.45) is 0. The Morgan fingerprint density at radius 2 is 1.54 bits per heavy atom. The van der Waals surface area contributed by atoms with E-state index >= 15 is 0 Å². The Morgan fingerprint density at radius 1 is 0.857 bits per heavy atom. The summed E-state index contributed by atoms with van der Waals surface area (Å²) >= 11 is 6.22. The summed E-state index contributed by atoms with van der Waals surface area (Å²) in [5, 5.41) is 0.445. The van der Waals surface area contributed by atoms with Gasteiger partial charge in [-0.05, 0) is 36.2 Å². The molecule has 0 bridgehead atoms. The fourth-order valence-corrected chi connectivity index (χ4v) is 5.58. The first-order valence-electron chi connectivity index (χ1n) is 10.8. The number of sulfone groups is 1. The predicted octanol–water partition coefficient (Wildman–Crippen LogP) is 5.59. The molecule has 0 radical (unpaired) electrons. The molecule has 0 fully saturated rings. The molecule has 5 aromatic rings. The molecule has 0 saturated carbocycles. The van der Waals surface area contributed by atoms with Crippen molar-refractivity contribution in [2.45, 2.75) is 17.7 Å². The summed E-state index contributed by atoms with van der Waals surface area (Å²) in [5.74, 6) is -0.228. The van der Waals surface area contributed by atoms with Gasteiger partial charge in [-0.3, -0.25) is 4.79 Å². The lowest BCUT2D eigenvalue weighted by Crippen LogP contribution is -2.13. The first-order chi connectivity index (χ1) is 16.8. The fourth-order valence-electron chi connectivity index (χ4n) is 4.00. The van der Waals surface area contributed by atoms with E-state index in [0.29, 0.717) is 22.0 Å². The average molecular weight is 502 g/mol. The molecule has 5 rings (SSSR count). The number of fused-ring (bicyclic) bond motifs is 1. The third kappa shape index (κ3) is 4.73. The number of aryl methyl sites for hydroxylation is 1. The molecule has 0 aliphatic heterocycles. The molecule has 6 nitrogen and oxygen atoms in total. The van der Waals surface area contributed by atoms with Crippen molar-refractivity contribution in [2.75, 3.05) is 0 Å². The summed E-state index contributed by atoms with van der Waals surface area (Å²) < 4.78 is 26.2. The zero-order valence-corrected chi connectivity index (χ0v) is 20.3. The van der Waals surface area contributed by atoms with Gasteiger partial charge in [0.2, 0.25) is 0 Å². The normalized spacial score (nSPS) is 11.6. The number of halogens is 1. The van der Waals surface area contributed by atoms with Crippen molar-refractivity contribution >= 4 is 32.5 Å². The number of aromatic amines is 1.